The summed E-state index contributed by atoms with van der Waals surface area (Å²) in [6.07, 6.45) is 0.189. The molecule has 1 fully saturated rings. The van der Waals surface area contributed by atoms with Crippen molar-refractivity contribution in [1.29, 1.82) is 0 Å². The number of benzene rings is 2. The Bertz CT molecular complexity index is 829. The van der Waals surface area contributed by atoms with Crippen LogP contribution >= 0.6 is 0 Å². The summed E-state index contributed by atoms with van der Waals surface area (Å²) in [4.78, 5) is 29.0. The van der Waals surface area contributed by atoms with E-state index in [2.05, 4.69) is 10.2 Å². The maximum absolute atomic E-state index is 13.1. The lowest BCUT2D eigenvalue weighted by atomic mass is 9.89. The van der Waals surface area contributed by atoms with Crippen molar-refractivity contribution >= 4 is 23.2 Å². The first-order valence-corrected chi connectivity index (χ1v) is 8.80. The third-order valence-corrected chi connectivity index (χ3v) is 5.08. The van der Waals surface area contributed by atoms with Crippen LogP contribution in [-0.2, 0) is 9.59 Å². The van der Waals surface area contributed by atoms with Crippen molar-refractivity contribution < 1.29 is 14.0 Å². The molecule has 1 N–H and O–H groups in total. The van der Waals surface area contributed by atoms with Crippen LogP contribution in [0, 0.1) is 5.82 Å². The van der Waals surface area contributed by atoms with Gasteiger partial charge in [-0.2, -0.15) is 0 Å². The summed E-state index contributed by atoms with van der Waals surface area (Å²) in [7, 11) is 0. The fourth-order valence-electron chi connectivity index (χ4n) is 3.69. The minimum Gasteiger partial charge on any atom is -0.368 e. The number of nitrogens with one attached hydrogen (secondary N) is 1. The van der Waals surface area contributed by atoms with E-state index in [-0.39, 0.29) is 24.1 Å². The second-order valence-electron chi connectivity index (χ2n) is 6.68. The molecule has 1 unspecified atom stereocenters. The molecule has 2 heterocycles. The highest BCUT2D eigenvalue weighted by Crippen LogP contribution is 2.33. The molecule has 1 saturated heterocycles. The number of hydrogen-bond acceptors (Lipinski definition) is 3. The Morgan fingerprint density at radius 1 is 1.00 bits per heavy atom. The number of carbonyl (C=O) groups is 2. The molecule has 4 rings (SSSR count). The molecular formula is C20H20FN3O2. The van der Waals surface area contributed by atoms with Crippen LogP contribution in [0.2, 0.25) is 0 Å². The molecule has 5 nitrogen and oxygen atoms in total. The third-order valence-electron chi connectivity index (χ3n) is 5.08. The Kier molecular flexibility index (Phi) is 4.32. The summed E-state index contributed by atoms with van der Waals surface area (Å²) >= 11 is 0. The second kappa shape index (κ2) is 6.78. The van der Waals surface area contributed by atoms with Gasteiger partial charge in [-0.3, -0.25) is 9.59 Å². The summed E-state index contributed by atoms with van der Waals surface area (Å²) in [5.74, 6) is -0.785. The van der Waals surface area contributed by atoms with Gasteiger partial charge in [0.1, 0.15) is 5.82 Å². The van der Waals surface area contributed by atoms with Gasteiger partial charge in [0.05, 0.1) is 5.92 Å². The number of amides is 2. The first kappa shape index (κ1) is 16.6. The van der Waals surface area contributed by atoms with Gasteiger partial charge < -0.3 is 15.1 Å². The molecule has 0 spiro atoms. The number of halogens is 1. The number of hydrogen-bond donors (Lipinski definition) is 1. The third kappa shape index (κ3) is 3.14. The number of nitrogens with zero attached hydrogens (tertiary/aromatic N) is 2. The molecule has 6 heteroatoms. The van der Waals surface area contributed by atoms with E-state index < -0.39 is 5.92 Å². The van der Waals surface area contributed by atoms with Gasteiger partial charge in [-0.25, -0.2) is 4.39 Å². The minimum absolute atomic E-state index is 0.00561. The molecule has 2 aromatic carbocycles. The Morgan fingerprint density at radius 2 is 1.69 bits per heavy atom. The first-order valence-electron chi connectivity index (χ1n) is 8.80. The van der Waals surface area contributed by atoms with Gasteiger partial charge in [0.15, 0.2) is 0 Å². The summed E-state index contributed by atoms with van der Waals surface area (Å²) in [6, 6.07) is 13.9. The Hall–Kier alpha value is -2.89. The SMILES string of the molecule is O=C1CC(C(=O)N2CCN(c3ccc(F)cc3)CC2)c2ccccc2N1. The van der Waals surface area contributed by atoms with Gasteiger partial charge in [0.25, 0.3) is 0 Å². The molecule has 2 amide bonds. The zero-order valence-electron chi connectivity index (χ0n) is 14.3. The molecule has 0 saturated carbocycles. The van der Waals surface area contributed by atoms with Crippen molar-refractivity contribution in [2.24, 2.45) is 0 Å². The molecule has 26 heavy (non-hydrogen) atoms. The number of rotatable bonds is 2. The van der Waals surface area contributed by atoms with Crippen LogP contribution in [0.1, 0.15) is 17.9 Å². The van der Waals surface area contributed by atoms with Crippen molar-refractivity contribution in [3.8, 4) is 0 Å². The zero-order valence-corrected chi connectivity index (χ0v) is 14.3. The van der Waals surface area contributed by atoms with E-state index in [1.165, 1.54) is 12.1 Å². The lowest BCUT2D eigenvalue weighted by Gasteiger charge is -2.38. The van der Waals surface area contributed by atoms with Gasteiger partial charge in [0.2, 0.25) is 11.8 Å². The van der Waals surface area contributed by atoms with Gasteiger partial charge >= 0.3 is 0 Å². The van der Waals surface area contributed by atoms with E-state index in [0.717, 1.165) is 16.9 Å². The van der Waals surface area contributed by atoms with E-state index in [0.29, 0.717) is 26.2 Å². The summed E-state index contributed by atoms with van der Waals surface area (Å²) in [6.45, 7) is 2.57. The highest BCUT2D eigenvalue weighted by atomic mass is 19.1. The fourth-order valence-corrected chi connectivity index (χ4v) is 3.69. The predicted octanol–water partition coefficient (Wildman–Crippen LogP) is 2.60. The van der Waals surface area contributed by atoms with E-state index in [1.54, 1.807) is 12.1 Å². The molecule has 1 atom stereocenters. The minimum atomic E-state index is -0.419. The predicted molar refractivity (Wildman–Crippen MR) is 97.6 cm³/mol. The van der Waals surface area contributed by atoms with Crippen molar-refractivity contribution in [3.63, 3.8) is 0 Å². The molecule has 0 aliphatic carbocycles. The van der Waals surface area contributed by atoms with Gasteiger partial charge in [-0.05, 0) is 35.9 Å². The number of para-hydroxylation sites is 1. The zero-order chi connectivity index (χ0) is 18.1. The van der Waals surface area contributed by atoms with Crippen molar-refractivity contribution in [2.75, 3.05) is 36.4 Å². The fraction of sp³-hybridized carbons (Fsp3) is 0.300. The lowest BCUT2D eigenvalue weighted by Crippen LogP contribution is -2.50. The number of fused-ring (bicyclic) bond motifs is 1. The van der Waals surface area contributed by atoms with Crippen LogP contribution in [0.25, 0.3) is 0 Å². The highest BCUT2D eigenvalue weighted by Gasteiger charge is 2.34. The molecule has 134 valence electrons. The molecule has 0 bridgehead atoms. The quantitative estimate of drug-likeness (QED) is 0.903. The average Bonchev–Trinajstić information content (AvgIpc) is 2.67. The second-order valence-corrected chi connectivity index (χ2v) is 6.68. The number of piperazine rings is 1. The van der Waals surface area contributed by atoms with E-state index >= 15 is 0 Å². The van der Waals surface area contributed by atoms with Crippen molar-refractivity contribution in [3.05, 3.63) is 59.9 Å². The van der Waals surface area contributed by atoms with E-state index in [4.69, 9.17) is 0 Å². The molecule has 0 radical (unpaired) electrons. The molecular weight excluding hydrogens is 333 g/mol. The van der Waals surface area contributed by atoms with Crippen molar-refractivity contribution in [1.82, 2.24) is 4.90 Å². The lowest BCUT2D eigenvalue weighted by molar-refractivity contribution is -0.135. The topological polar surface area (TPSA) is 52.7 Å². The van der Waals surface area contributed by atoms with Gasteiger partial charge in [-0.1, -0.05) is 18.2 Å². The first-order chi connectivity index (χ1) is 12.6. The Morgan fingerprint density at radius 3 is 2.42 bits per heavy atom. The molecule has 2 aliphatic rings. The van der Waals surface area contributed by atoms with Crippen molar-refractivity contribution in [2.45, 2.75) is 12.3 Å². The highest BCUT2D eigenvalue weighted by molar-refractivity contribution is 6.01. The van der Waals surface area contributed by atoms with Crippen LogP contribution in [0.5, 0.6) is 0 Å². The summed E-state index contributed by atoms with van der Waals surface area (Å²) < 4.78 is 13.1. The Labute approximate surface area is 151 Å². The number of anilines is 2. The summed E-state index contributed by atoms with van der Waals surface area (Å²) in [5.41, 5.74) is 2.58. The van der Waals surface area contributed by atoms with Crippen LogP contribution in [-0.4, -0.2) is 42.9 Å². The molecule has 2 aromatic rings. The standard InChI is InChI=1S/C20H20FN3O2/c21-14-5-7-15(8-6-14)23-9-11-24(12-10-23)20(26)17-13-19(25)22-18-4-2-1-3-16(17)18/h1-8,17H,9-13H2,(H,22,25). The summed E-state index contributed by atoms with van der Waals surface area (Å²) in [5, 5.41) is 2.83. The monoisotopic (exact) mass is 353 g/mol. The van der Waals surface area contributed by atoms with Crippen LogP contribution in [0.4, 0.5) is 15.8 Å². The maximum Gasteiger partial charge on any atom is 0.230 e. The van der Waals surface area contributed by atoms with Crippen LogP contribution in [0.3, 0.4) is 0 Å². The normalized spacial score (nSPS) is 19.7. The average molecular weight is 353 g/mol. The smallest absolute Gasteiger partial charge is 0.230 e. The van der Waals surface area contributed by atoms with E-state index in [9.17, 15) is 14.0 Å². The van der Waals surface area contributed by atoms with Gasteiger partial charge in [-0.15, -0.1) is 0 Å². The largest absolute Gasteiger partial charge is 0.368 e. The number of carbonyl (C=O) groups excluding carboxylic acids is 2. The Balaban J connectivity index is 1.45. The van der Waals surface area contributed by atoms with E-state index in [1.807, 2.05) is 29.2 Å². The molecule has 0 aromatic heterocycles. The van der Waals surface area contributed by atoms with Gasteiger partial charge in [0, 0.05) is 44.0 Å². The van der Waals surface area contributed by atoms with Crippen LogP contribution < -0.4 is 10.2 Å². The maximum atomic E-state index is 13.1. The van der Waals surface area contributed by atoms with Crippen LogP contribution in [0.15, 0.2) is 48.5 Å². The molecule has 2 aliphatic heterocycles.